The minimum Gasteiger partial charge on any atom is -0.301 e. The summed E-state index contributed by atoms with van der Waals surface area (Å²) in [7, 11) is -3.53. The lowest BCUT2D eigenvalue weighted by atomic mass is 10.4. The van der Waals surface area contributed by atoms with Gasteiger partial charge in [0.15, 0.2) is 0 Å². The fourth-order valence-corrected chi connectivity index (χ4v) is 5.34. The maximum absolute atomic E-state index is 12.7. The molecule has 0 aromatic heterocycles. The molecule has 1 aliphatic rings. The monoisotopic (exact) mass is 458 g/mol. The molecule has 21 heavy (non-hydrogen) atoms. The highest BCUT2D eigenvalue weighted by Crippen LogP contribution is 2.28. The number of nitrogens with zero attached hydrogens (tertiary/aromatic N) is 2. The summed E-state index contributed by atoms with van der Waals surface area (Å²) < 4.78 is 27.8. The first kappa shape index (κ1) is 17.7. The zero-order valence-corrected chi connectivity index (χ0v) is 16.2. The Kier molecular flexibility index (Phi) is 6.52. The molecule has 8 heteroatoms. The van der Waals surface area contributed by atoms with E-state index in [2.05, 4.69) is 36.8 Å². The van der Waals surface area contributed by atoms with E-state index in [1.54, 1.807) is 18.2 Å². The Morgan fingerprint density at radius 2 is 1.95 bits per heavy atom. The molecule has 0 unspecified atom stereocenters. The maximum Gasteiger partial charge on any atom is 0.244 e. The zero-order chi connectivity index (χ0) is 15.5. The number of benzene rings is 1. The van der Waals surface area contributed by atoms with E-state index < -0.39 is 10.0 Å². The Balaban J connectivity index is 2.19. The number of alkyl halides is 1. The molecular formula is C13H17Br2ClN2O2S. The number of hydrogen-bond donors (Lipinski definition) is 0. The fraction of sp³-hybridized carbons (Fsp3) is 0.538. The normalized spacial score (nSPS) is 18.6. The third-order valence-corrected chi connectivity index (χ3v) is 6.69. The second-order valence-electron chi connectivity index (χ2n) is 4.86. The molecule has 1 heterocycles. The van der Waals surface area contributed by atoms with Gasteiger partial charge in [-0.15, -0.1) is 0 Å². The molecule has 2 rings (SSSR count). The average molecular weight is 461 g/mol. The smallest absolute Gasteiger partial charge is 0.244 e. The highest BCUT2D eigenvalue weighted by Gasteiger charge is 2.28. The van der Waals surface area contributed by atoms with Gasteiger partial charge in [0, 0.05) is 36.0 Å². The Morgan fingerprint density at radius 3 is 2.62 bits per heavy atom. The van der Waals surface area contributed by atoms with Gasteiger partial charge in [0.2, 0.25) is 10.0 Å². The van der Waals surface area contributed by atoms with E-state index in [-0.39, 0.29) is 9.92 Å². The van der Waals surface area contributed by atoms with Crippen LogP contribution < -0.4 is 0 Å². The molecule has 118 valence electrons. The van der Waals surface area contributed by atoms with Gasteiger partial charge in [0.05, 0.1) is 5.02 Å². The topological polar surface area (TPSA) is 40.6 Å². The molecule has 0 bridgehead atoms. The third kappa shape index (κ3) is 4.42. The van der Waals surface area contributed by atoms with Crippen molar-refractivity contribution in [2.24, 2.45) is 0 Å². The number of rotatable bonds is 4. The number of halogens is 3. The Morgan fingerprint density at radius 1 is 1.19 bits per heavy atom. The molecule has 0 radical (unpaired) electrons. The number of hydrogen-bond acceptors (Lipinski definition) is 3. The van der Waals surface area contributed by atoms with Gasteiger partial charge in [-0.2, -0.15) is 4.31 Å². The molecule has 1 aliphatic heterocycles. The van der Waals surface area contributed by atoms with E-state index in [9.17, 15) is 8.42 Å². The van der Waals surface area contributed by atoms with Crippen LogP contribution in [0.15, 0.2) is 27.6 Å². The lowest BCUT2D eigenvalue weighted by Gasteiger charge is -2.21. The van der Waals surface area contributed by atoms with Gasteiger partial charge in [-0.3, -0.25) is 0 Å². The summed E-state index contributed by atoms with van der Waals surface area (Å²) in [6.07, 6.45) is 0.834. The minimum absolute atomic E-state index is 0.182. The summed E-state index contributed by atoms with van der Waals surface area (Å²) in [5.41, 5.74) is 0. The first-order valence-electron chi connectivity index (χ1n) is 6.68. The van der Waals surface area contributed by atoms with E-state index in [1.165, 1.54) is 4.31 Å². The summed E-state index contributed by atoms with van der Waals surface area (Å²) in [4.78, 5) is 2.45. The van der Waals surface area contributed by atoms with Crippen molar-refractivity contribution in [2.75, 3.05) is 38.1 Å². The largest absolute Gasteiger partial charge is 0.301 e. The maximum atomic E-state index is 12.7. The van der Waals surface area contributed by atoms with Crippen molar-refractivity contribution in [1.29, 1.82) is 0 Å². The predicted molar refractivity (Wildman–Crippen MR) is 92.8 cm³/mol. The van der Waals surface area contributed by atoms with Crippen LogP contribution in [-0.4, -0.2) is 55.7 Å². The van der Waals surface area contributed by atoms with Gasteiger partial charge in [0.25, 0.3) is 0 Å². The van der Waals surface area contributed by atoms with Gasteiger partial charge < -0.3 is 4.90 Å². The third-order valence-electron chi connectivity index (χ3n) is 3.46. The first-order chi connectivity index (χ1) is 9.95. The molecule has 0 atom stereocenters. The zero-order valence-electron chi connectivity index (χ0n) is 11.4. The summed E-state index contributed by atoms with van der Waals surface area (Å²) in [5, 5.41) is 1.16. The summed E-state index contributed by atoms with van der Waals surface area (Å²) >= 11 is 12.8. The van der Waals surface area contributed by atoms with Crippen LogP contribution >= 0.6 is 43.5 Å². The Bertz CT molecular complexity index is 598. The Hall–Kier alpha value is 0.340. The van der Waals surface area contributed by atoms with Gasteiger partial charge in [-0.05, 0) is 31.2 Å². The van der Waals surface area contributed by atoms with Gasteiger partial charge >= 0.3 is 0 Å². The highest BCUT2D eigenvalue weighted by molar-refractivity contribution is 9.10. The van der Waals surface area contributed by atoms with Gasteiger partial charge in [0.1, 0.15) is 4.90 Å². The van der Waals surface area contributed by atoms with Crippen molar-refractivity contribution in [2.45, 2.75) is 11.3 Å². The van der Waals surface area contributed by atoms with Gasteiger partial charge in [-0.1, -0.05) is 43.5 Å². The van der Waals surface area contributed by atoms with E-state index in [0.717, 1.165) is 35.9 Å². The van der Waals surface area contributed by atoms with Crippen molar-refractivity contribution in [3.63, 3.8) is 0 Å². The molecular weight excluding hydrogens is 443 g/mol. The highest BCUT2D eigenvalue weighted by atomic mass is 79.9. The van der Waals surface area contributed by atoms with Crippen LogP contribution in [-0.2, 0) is 10.0 Å². The molecule has 0 saturated carbocycles. The second-order valence-corrected chi connectivity index (χ2v) is 8.89. The van der Waals surface area contributed by atoms with Crippen molar-refractivity contribution in [3.05, 3.63) is 27.7 Å². The predicted octanol–water partition coefficient (Wildman–Crippen LogP) is 3.19. The Labute approximate surface area is 147 Å². The van der Waals surface area contributed by atoms with Crippen LogP contribution in [0.5, 0.6) is 0 Å². The van der Waals surface area contributed by atoms with Crippen LogP contribution in [0, 0.1) is 0 Å². The molecule has 1 saturated heterocycles. The minimum atomic E-state index is -3.53. The van der Waals surface area contributed by atoms with Crippen LogP contribution in [0.1, 0.15) is 6.42 Å². The van der Waals surface area contributed by atoms with E-state index >= 15 is 0 Å². The molecule has 0 N–H and O–H groups in total. The summed E-state index contributed by atoms with van der Waals surface area (Å²) in [5.74, 6) is 0. The van der Waals surface area contributed by atoms with Gasteiger partial charge in [-0.25, -0.2) is 8.42 Å². The van der Waals surface area contributed by atoms with E-state index in [0.29, 0.717) is 13.1 Å². The molecule has 1 fully saturated rings. The molecule has 0 spiro atoms. The van der Waals surface area contributed by atoms with Crippen molar-refractivity contribution >= 4 is 53.5 Å². The quantitative estimate of drug-likeness (QED) is 0.648. The van der Waals surface area contributed by atoms with Crippen LogP contribution in [0.3, 0.4) is 0 Å². The van der Waals surface area contributed by atoms with Crippen molar-refractivity contribution < 1.29 is 8.42 Å². The molecule has 1 aromatic rings. The first-order valence-corrected chi connectivity index (χ1v) is 10.4. The molecule has 4 nitrogen and oxygen atoms in total. The second kappa shape index (κ2) is 7.75. The standard InChI is InChI=1S/C13H17Br2ClN2O2S/c14-4-7-17-5-1-6-18(9-8-17)21(19,20)13-3-2-11(15)10-12(13)16/h2-3,10H,1,4-9H2. The lowest BCUT2D eigenvalue weighted by molar-refractivity contribution is 0.305. The average Bonchev–Trinajstić information content (AvgIpc) is 2.65. The SMILES string of the molecule is O=S(=O)(c1ccc(Br)cc1Cl)N1CCCN(CCBr)CC1. The molecule has 0 aliphatic carbocycles. The van der Waals surface area contributed by atoms with Crippen LogP contribution in [0.4, 0.5) is 0 Å². The van der Waals surface area contributed by atoms with E-state index in [1.807, 2.05) is 0 Å². The molecule has 1 aromatic carbocycles. The summed E-state index contributed by atoms with van der Waals surface area (Å²) in [6.45, 7) is 3.65. The number of sulfonamides is 1. The lowest BCUT2D eigenvalue weighted by Crippen LogP contribution is -2.35. The summed E-state index contributed by atoms with van der Waals surface area (Å²) in [6, 6.07) is 4.88. The molecule has 0 amide bonds. The van der Waals surface area contributed by atoms with Crippen LogP contribution in [0.25, 0.3) is 0 Å². The van der Waals surface area contributed by atoms with Crippen LogP contribution in [0.2, 0.25) is 5.02 Å². The fourth-order valence-electron chi connectivity index (χ4n) is 2.35. The van der Waals surface area contributed by atoms with Crippen molar-refractivity contribution in [1.82, 2.24) is 9.21 Å². The van der Waals surface area contributed by atoms with Crippen molar-refractivity contribution in [3.8, 4) is 0 Å². The van der Waals surface area contributed by atoms with E-state index in [4.69, 9.17) is 11.6 Å².